The molecular weight excluding hydrogens is 550 g/mol. The SMILES string of the molecule is C#CCN(Cc1cc2c(=O)n(C)c(CN3CCN(C)CC3)nc2cc1Cl)c1ccc(C(=O)NCc2cccnc2)cc1. The van der Waals surface area contributed by atoms with Gasteiger partial charge in [0.25, 0.3) is 11.5 Å². The molecule has 216 valence electrons. The first-order valence-electron chi connectivity index (χ1n) is 13.9. The number of nitrogens with one attached hydrogen (secondary N) is 1. The number of terminal acetylenes is 1. The molecule has 0 unspecified atom stereocenters. The highest BCUT2D eigenvalue weighted by Gasteiger charge is 2.19. The molecule has 1 N–H and O–H groups in total. The quantitative estimate of drug-likeness (QED) is 0.303. The minimum Gasteiger partial charge on any atom is -0.356 e. The number of anilines is 1. The molecule has 9 nitrogen and oxygen atoms in total. The monoisotopic (exact) mass is 583 g/mol. The number of halogens is 1. The summed E-state index contributed by atoms with van der Waals surface area (Å²) in [6, 6.07) is 14.6. The van der Waals surface area contributed by atoms with E-state index >= 15 is 0 Å². The first-order chi connectivity index (χ1) is 20.3. The molecule has 5 rings (SSSR count). The number of carbonyl (C=O) groups is 1. The summed E-state index contributed by atoms with van der Waals surface area (Å²) in [6.45, 7) is 5.57. The highest BCUT2D eigenvalue weighted by Crippen LogP contribution is 2.26. The standard InChI is InChI=1S/C32H34ClN7O2/c1-4-12-40(26-9-7-24(8-10-26)31(41)35-20-23-6-5-11-34-19-23)21-25-17-27-29(18-28(25)33)36-30(38(3)32(27)42)22-39-15-13-37(2)14-16-39/h1,5-11,17-19H,12-16,20-22H2,2-3H3,(H,35,41). The maximum Gasteiger partial charge on any atom is 0.261 e. The second-order valence-corrected chi connectivity index (χ2v) is 11.0. The normalized spacial score (nSPS) is 14.0. The second-order valence-electron chi connectivity index (χ2n) is 10.6. The molecule has 3 heterocycles. The number of fused-ring (bicyclic) bond motifs is 1. The van der Waals surface area contributed by atoms with Crippen molar-refractivity contribution in [1.29, 1.82) is 0 Å². The van der Waals surface area contributed by atoms with Gasteiger partial charge in [-0.25, -0.2) is 4.98 Å². The van der Waals surface area contributed by atoms with Crippen LogP contribution in [0.1, 0.15) is 27.3 Å². The number of amides is 1. The first kappa shape index (κ1) is 29.3. The lowest BCUT2D eigenvalue weighted by Gasteiger charge is -2.32. The van der Waals surface area contributed by atoms with E-state index in [4.69, 9.17) is 23.0 Å². The Kier molecular flexibility index (Phi) is 9.18. The molecule has 0 aliphatic carbocycles. The lowest BCUT2D eigenvalue weighted by atomic mass is 10.1. The molecule has 2 aromatic heterocycles. The van der Waals surface area contributed by atoms with Crippen LogP contribution in [0.3, 0.4) is 0 Å². The zero-order chi connectivity index (χ0) is 29.6. The van der Waals surface area contributed by atoms with Crippen molar-refractivity contribution >= 4 is 34.1 Å². The number of carbonyl (C=O) groups excluding carboxylic acids is 1. The van der Waals surface area contributed by atoms with Crippen LogP contribution in [0.5, 0.6) is 0 Å². The van der Waals surface area contributed by atoms with Crippen LogP contribution in [-0.2, 0) is 26.7 Å². The molecule has 0 bridgehead atoms. The molecule has 1 aliphatic heterocycles. The van der Waals surface area contributed by atoms with Crippen molar-refractivity contribution in [2.24, 2.45) is 7.05 Å². The van der Waals surface area contributed by atoms with Crippen LogP contribution >= 0.6 is 11.6 Å². The van der Waals surface area contributed by atoms with Gasteiger partial charge in [0.1, 0.15) is 5.82 Å². The van der Waals surface area contributed by atoms with Gasteiger partial charge < -0.3 is 15.1 Å². The van der Waals surface area contributed by atoms with E-state index < -0.39 is 0 Å². The van der Waals surface area contributed by atoms with Gasteiger partial charge in [0.05, 0.1) is 24.0 Å². The topological polar surface area (TPSA) is 86.6 Å². The predicted molar refractivity (Wildman–Crippen MR) is 167 cm³/mol. The minimum atomic E-state index is -0.179. The summed E-state index contributed by atoms with van der Waals surface area (Å²) in [5.74, 6) is 3.24. The number of pyridine rings is 1. The lowest BCUT2D eigenvalue weighted by Crippen LogP contribution is -2.44. The molecule has 0 radical (unpaired) electrons. The van der Waals surface area contributed by atoms with Crippen LogP contribution in [0.4, 0.5) is 5.69 Å². The molecule has 0 atom stereocenters. The number of piperazine rings is 1. The van der Waals surface area contributed by atoms with E-state index in [9.17, 15) is 9.59 Å². The van der Waals surface area contributed by atoms with Crippen LogP contribution in [0, 0.1) is 12.3 Å². The Morgan fingerprint density at radius 3 is 2.57 bits per heavy atom. The summed E-state index contributed by atoms with van der Waals surface area (Å²) in [6.07, 6.45) is 9.12. The van der Waals surface area contributed by atoms with Gasteiger partial charge >= 0.3 is 0 Å². The Balaban J connectivity index is 1.33. The van der Waals surface area contributed by atoms with Crippen molar-refractivity contribution in [3.05, 3.63) is 98.8 Å². The fraction of sp³-hybridized carbons (Fsp3) is 0.312. The Morgan fingerprint density at radius 1 is 1.12 bits per heavy atom. The Hall–Kier alpha value is -4.23. The highest BCUT2D eigenvalue weighted by molar-refractivity contribution is 6.32. The molecule has 0 saturated carbocycles. The summed E-state index contributed by atoms with van der Waals surface area (Å²) in [5, 5.41) is 3.94. The maximum atomic E-state index is 13.4. The summed E-state index contributed by atoms with van der Waals surface area (Å²) >= 11 is 6.74. The van der Waals surface area contributed by atoms with Crippen LogP contribution in [-0.4, -0.2) is 70.0 Å². The van der Waals surface area contributed by atoms with Gasteiger partial charge in [0.15, 0.2) is 0 Å². The van der Waals surface area contributed by atoms with Crippen molar-refractivity contribution in [2.45, 2.75) is 19.6 Å². The molecule has 42 heavy (non-hydrogen) atoms. The molecule has 1 saturated heterocycles. The molecule has 2 aromatic carbocycles. The molecule has 4 aromatic rings. The van der Waals surface area contributed by atoms with E-state index in [1.807, 2.05) is 35.2 Å². The van der Waals surface area contributed by atoms with E-state index in [0.717, 1.165) is 48.8 Å². The average molecular weight is 584 g/mol. The number of hydrogen-bond acceptors (Lipinski definition) is 7. The van der Waals surface area contributed by atoms with Crippen molar-refractivity contribution < 1.29 is 4.79 Å². The summed E-state index contributed by atoms with van der Waals surface area (Å²) in [5.41, 5.74) is 3.54. The molecule has 1 fully saturated rings. The summed E-state index contributed by atoms with van der Waals surface area (Å²) in [7, 11) is 3.89. The van der Waals surface area contributed by atoms with Crippen molar-refractivity contribution in [1.82, 2.24) is 29.7 Å². The molecule has 1 amide bonds. The molecular formula is C32H34ClN7O2. The maximum absolute atomic E-state index is 13.4. The zero-order valence-corrected chi connectivity index (χ0v) is 24.6. The van der Waals surface area contributed by atoms with Gasteiger partial charge in [0.2, 0.25) is 0 Å². The Morgan fingerprint density at radius 2 is 1.88 bits per heavy atom. The number of nitrogens with zero attached hydrogens (tertiary/aromatic N) is 6. The minimum absolute atomic E-state index is 0.104. The number of hydrogen-bond donors (Lipinski definition) is 1. The smallest absolute Gasteiger partial charge is 0.261 e. The molecule has 10 heteroatoms. The van der Waals surface area contributed by atoms with Gasteiger partial charge in [-0.1, -0.05) is 23.6 Å². The Labute approximate surface area is 250 Å². The van der Waals surface area contributed by atoms with E-state index in [1.165, 1.54) is 0 Å². The van der Waals surface area contributed by atoms with Crippen LogP contribution < -0.4 is 15.8 Å². The third kappa shape index (κ3) is 6.80. The number of rotatable bonds is 9. The average Bonchev–Trinajstić information content (AvgIpc) is 3.00. The fourth-order valence-electron chi connectivity index (χ4n) is 5.02. The number of benzene rings is 2. The summed E-state index contributed by atoms with van der Waals surface area (Å²) < 4.78 is 1.63. The number of aromatic nitrogens is 3. The zero-order valence-electron chi connectivity index (χ0n) is 23.9. The van der Waals surface area contributed by atoms with Crippen molar-refractivity contribution in [2.75, 3.05) is 44.7 Å². The number of likely N-dealkylation sites (N-methyl/N-ethyl adjacent to an activating group) is 1. The van der Waals surface area contributed by atoms with Crippen LogP contribution in [0.2, 0.25) is 5.02 Å². The van der Waals surface area contributed by atoms with Crippen molar-refractivity contribution in [3.63, 3.8) is 0 Å². The predicted octanol–water partition coefficient (Wildman–Crippen LogP) is 3.30. The highest BCUT2D eigenvalue weighted by atomic mass is 35.5. The van der Waals surface area contributed by atoms with E-state index in [-0.39, 0.29) is 11.5 Å². The molecule has 0 spiro atoms. The van der Waals surface area contributed by atoms with Crippen LogP contribution in [0.15, 0.2) is 65.7 Å². The van der Waals surface area contributed by atoms with E-state index in [2.05, 4.69) is 33.1 Å². The van der Waals surface area contributed by atoms with Crippen LogP contribution in [0.25, 0.3) is 10.9 Å². The van der Waals surface area contributed by atoms with Gasteiger partial charge in [-0.05, 0) is 60.6 Å². The third-order valence-electron chi connectivity index (χ3n) is 7.61. The first-order valence-corrected chi connectivity index (χ1v) is 14.2. The lowest BCUT2D eigenvalue weighted by molar-refractivity contribution is 0.0951. The van der Waals surface area contributed by atoms with E-state index in [0.29, 0.717) is 47.7 Å². The van der Waals surface area contributed by atoms with Gasteiger partial charge in [-0.15, -0.1) is 6.42 Å². The third-order valence-corrected chi connectivity index (χ3v) is 7.96. The largest absolute Gasteiger partial charge is 0.356 e. The Bertz CT molecular complexity index is 1660. The van der Waals surface area contributed by atoms with Gasteiger partial charge in [-0.3, -0.25) is 24.0 Å². The van der Waals surface area contributed by atoms with Gasteiger partial charge in [0, 0.05) is 75.0 Å². The fourth-order valence-corrected chi connectivity index (χ4v) is 5.23. The van der Waals surface area contributed by atoms with Gasteiger partial charge in [-0.2, -0.15) is 0 Å². The van der Waals surface area contributed by atoms with Crippen molar-refractivity contribution in [3.8, 4) is 12.3 Å². The molecule has 1 aliphatic rings. The summed E-state index contributed by atoms with van der Waals surface area (Å²) in [4.78, 5) is 41.5. The van der Waals surface area contributed by atoms with E-state index in [1.54, 1.807) is 42.2 Å². The second kappa shape index (κ2) is 13.2.